The van der Waals surface area contributed by atoms with Crippen LogP contribution in [0, 0.1) is 0 Å². The van der Waals surface area contributed by atoms with Crippen molar-refractivity contribution >= 4 is 17.7 Å². The van der Waals surface area contributed by atoms with Crippen LogP contribution < -0.4 is 14.2 Å². The van der Waals surface area contributed by atoms with E-state index in [2.05, 4.69) is 10.2 Å². The van der Waals surface area contributed by atoms with E-state index in [0.717, 1.165) is 11.3 Å². The molecule has 0 atom stereocenters. The maximum Gasteiger partial charge on any atom is 0.277 e. The summed E-state index contributed by atoms with van der Waals surface area (Å²) < 4.78 is 21.6. The first-order chi connectivity index (χ1) is 14.5. The van der Waals surface area contributed by atoms with Gasteiger partial charge in [0.25, 0.3) is 5.22 Å². The SMILES string of the molecule is COc1cc(OC)cc(-c2nnc(SCC(=O)N(C)Cc3ccccc3OC)o2)c1. The van der Waals surface area contributed by atoms with Crippen LogP contribution in [-0.4, -0.2) is 55.1 Å². The first-order valence-corrected chi connectivity index (χ1v) is 10.1. The molecule has 0 aliphatic heterocycles. The second kappa shape index (κ2) is 10.0. The van der Waals surface area contributed by atoms with Crippen molar-refractivity contribution in [3.8, 4) is 28.7 Å². The Kier molecular flexibility index (Phi) is 7.18. The highest BCUT2D eigenvalue weighted by Gasteiger charge is 2.16. The number of carbonyl (C=O) groups is 1. The summed E-state index contributed by atoms with van der Waals surface area (Å²) in [5.41, 5.74) is 1.61. The summed E-state index contributed by atoms with van der Waals surface area (Å²) in [4.78, 5) is 14.1. The second-order valence-corrected chi connectivity index (χ2v) is 7.25. The predicted molar refractivity (Wildman–Crippen MR) is 113 cm³/mol. The first kappa shape index (κ1) is 21.5. The molecule has 3 rings (SSSR count). The van der Waals surface area contributed by atoms with Crippen LogP contribution in [0.5, 0.6) is 17.2 Å². The standard InChI is InChI=1S/C21H23N3O5S/c1-24(12-14-7-5-6-8-18(14)28-4)19(25)13-30-21-23-22-20(29-21)15-9-16(26-2)11-17(10-15)27-3/h5-11H,12-13H2,1-4H3. The minimum Gasteiger partial charge on any atom is -0.497 e. The summed E-state index contributed by atoms with van der Waals surface area (Å²) in [6, 6.07) is 12.9. The fraction of sp³-hybridized carbons (Fsp3) is 0.286. The van der Waals surface area contributed by atoms with Gasteiger partial charge >= 0.3 is 0 Å². The molecule has 0 N–H and O–H groups in total. The third-order valence-corrected chi connectivity index (χ3v) is 5.15. The number of methoxy groups -OCH3 is 3. The number of thioether (sulfide) groups is 1. The van der Waals surface area contributed by atoms with Crippen molar-refractivity contribution in [1.29, 1.82) is 0 Å². The van der Waals surface area contributed by atoms with Crippen LogP contribution in [0.25, 0.3) is 11.5 Å². The third kappa shape index (κ3) is 5.24. The molecule has 1 heterocycles. The van der Waals surface area contributed by atoms with Crippen molar-refractivity contribution in [1.82, 2.24) is 15.1 Å². The molecule has 30 heavy (non-hydrogen) atoms. The van der Waals surface area contributed by atoms with Crippen LogP contribution in [0.2, 0.25) is 0 Å². The molecule has 9 heteroatoms. The van der Waals surface area contributed by atoms with E-state index in [0.29, 0.717) is 34.7 Å². The summed E-state index contributed by atoms with van der Waals surface area (Å²) in [5, 5.41) is 8.39. The molecule has 1 aromatic heterocycles. The molecular weight excluding hydrogens is 406 g/mol. The van der Waals surface area contributed by atoms with Gasteiger partial charge < -0.3 is 23.5 Å². The summed E-state index contributed by atoms with van der Waals surface area (Å²) >= 11 is 1.19. The maximum atomic E-state index is 12.5. The monoisotopic (exact) mass is 429 g/mol. The number of carbonyl (C=O) groups excluding carboxylic acids is 1. The van der Waals surface area contributed by atoms with Gasteiger partial charge in [0.05, 0.1) is 27.1 Å². The first-order valence-electron chi connectivity index (χ1n) is 9.09. The lowest BCUT2D eigenvalue weighted by Crippen LogP contribution is -2.28. The van der Waals surface area contributed by atoms with E-state index in [1.165, 1.54) is 11.8 Å². The number of ether oxygens (including phenoxy) is 3. The Morgan fingerprint density at radius 2 is 1.73 bits per heavy atom. The van der Waals surface area contributed by atoms with E-state index >= 15 is 0 Å². The molecule has 3 aromatic rings. The lowest BCUT2D eigenvalue weighted by atomic mass is 10.2. The normalized spacial score (nSPS) is 10.5. The molecule has 0 saturated carbocycles. The van der Waals surface area contributed by atoms with Gasteiger partial charge in [0.2, 0.25) is 11.8 Å². The molecule has 0 bridgehead atoms. The highest BCUT2D eigenvalue weighted by Crippen LogP contribution is 2.30. The predicted octanol–water partition coefficient (Wildman–Crippen LogP) is 3.51. The van der Waals surface area contributed by atoms with Gasteiger partial charge in [0.1, 0.15) is 17.2 Å². The van der Waals surface area contributed by atoms with Crippen LogP contribution in [0.1, 0.15) is 5.56 Å². The maximum absolute atomic E-state index is 12.5. The molecule has 0 radical (unpaired) electrons. The molecule has 2 aromatic carbocycles. The highest BCUT2D eigenvalue weighted by molar-refractivity contribution is 7.99. The fourth-order valence-corrected chi connectivity index (χ4v) is 3.43. The van der Waals surface area contributed by atoms with Gasteiger partial charge in [-0.2, -0.15) is 0 Å². The summed E-state index contributed by atoms with van der Waals surface area (Å²) in [5.74, 6) is 2.42. The van der Waals surface area contributed by atoms with E-state index in [1.54, 1.807) is 51.5 Å². The van der Waals surface area contributed by atoms with Gasteiger partial charge in [0, 0.05) is 30.8 Å². The number of aromatic nitrogens is 2. The van der Waals surface area contributed by atoms with Gasteiger partial charge in [-0.1, -0.05) is 30.0 Å². The van der Waals surface area contributed by atoms with Crippen molar-refractivity contribution in [2.45, 2.75) is 11.8 Å². The van der Waals surface area contributed by atoms with Gasteiger partial charge in [0.15, 0.2) is 0 Å². The Bertz CT molecular complexity index is 986. The molecule has 0 spiro atoms. The molecule has 158 valence electrons. The van der Waals surface area contributed by atoms with Crippen LogP contribution >= 0.6 is 11.8 Å². The van der Waals surface area contributed by atoms with Gasteiger partial charge in [-0.25, -0.2) is 0 Å². The largest absolute Gasteiger partial charge is 0.497 e. The van der Waals surface area contributed by atoms with Crippen molar-refractivity contribution in [3.05, 3.63) is 48.0 Å². The average Bonchev–Trinajstić information content (AvgIpc) is 3.26. The van der Waals surface area contributed by atoms with Crippen molar-refractivity contribution < 1.29 is 23.4 Å². The number of hydrogen-bond acceptors (Lipinski definition) is 8. The number of rotatable bonds is 9. The Balaban J connectivity index is 1.62. The smallest absolute Gasteiger partial charge is 0.277 e. The molecule has 0 unspecified atom stereocenters. The summed E-state index contributed by atoms with van der Waals surface area (Å²) in [6.45, 7) is 0.447. The molecule has 0 aliphatic rings. The van der Waals surface area contributed by atoms with Crippen molar-refractivity contribution in [2.24, 2.45) is 0 Å². The van der Waals surface area contributed by atoms with Gasteiger partial charge in [-0.05, 0) is 18.2 Å². The number of nitrogens with zero attached hydrogens (tertiary/aromatic N) is 3. The Morgan fingerprint density at radius 3 is 2.40 bits per heavy atom. The Morgan fingerprint density at radius 1 is 1.03 bits per heavy atom. The van der Waals surface area contributed by atoms with E-state index in [1.807, 2.05) is 24.3 Å². The van der Waals surface area contributed by atoms with Crippen molar-refractivity contribution in [2.75, 3.05) is 34.1 Å². The van der Waals surface area contributed by atoms with Crippen LogP contribution in [0.15, 0.2) is 52.1 Å². The van der Waals surface area contributed by atoms with E-state index < -0.39 is 0 Å². The zero-order chi connectivity index (χ0) is 21.5. The quantitative estimate of drug-likeness (QED) is 0.478. The fourth-order valence-electron chi connectivity index (χ4n) is 2.73. The topological polar surface area (TPSA) is 86.9 Å². The minimum atomic E-state index is -0.0614. The van der Waals surface area contributed by atoms with Gasteiger partial charge in [-0.15, -0.1) is 10.2 Å². The zero-order valence-corrected chi connectivity index (χ0v) is 18.1. The van der Waals surface area contributed by atoms with Gasteiger partial charge in [-0.3, -0.25) is 4.79 Å². The second-order valence-electron chi connectivity index (χ2n) is 6.32. The molecule has 0 fully saturated rings. The average molecular weight is 429 g/mol. The Hall–Kier alpha value is -3.20. The molecule has 8 nitrogen and oxygen atoms in total. The molecule has 1 amide bonds. The van der Waals surface area contributed by atoms with E-state index in [-0.39, 0.29) is 11.7 Å². The van der Waals surface area contributed by atoms with Crippen LogP contribution in [0.3, 0.4) is 0 Å². The van der Waals surface area contributed by atoms with Crippen LogP contribution in [-0.2, 0) is 11.3 Å². The molecule has 0 aliphatic carbocycles. The lowest BCUT2D eigenvalue weighted by Gasteiger charge is -2.18. The van der Waals surface area contributed by atoms with Crippen molar-refractivity contribution in [3.63, 3.8) is 0 Å². The number of amides is 1. The molecular formula is C21H23N3O5S. The number of benzene rings is 2. The Labute approximate surface area is 179 Å². The summed E-state index contributed by atoms with van der Waals surface area (Å²) in [6.07, 6.45) is 0. The third-order valence-electron chi connectivity index (χ3n) is 4.35. The molecule has 0 saturated heterocycles. The summed E-state index contributed by atoms with van der Waals surface area (Å²) in [7, 11) is 6.50. The highest BCUT2D eigenvalue weighted by atomic mass is 32.2. The van der Waals surface area contributed by atoms with E-state index in [4.69, 9.17) is 18.6 Å². The number of para-hydroxylation sites is 1. The van der Waals surface area contributed by atoms with E-state index in [9.17, 15) is 4.79 Å². The lowest BCUT2D eigenvalue weighted by molar-refractivity contribution is -0.127. The minimum absolute atomic E-state index is 0.0614. The van der Waals surface area contributed by atoms with Crippen LogP contribution in [0.4, 0.5) is 0 Å². The zero-order valence-electron chi connectivity index (χ0n) is 17.2. The number of hydrogen-bond donors (Lipinski definition) is 0.